The summed E-state index contributed by atoms with van der Waals surface area (Å²) in [5.74, 6) is 1.91. The largest absolute Gasteiger partial charge is 0.369 e. The second-order valence-corrected chi connectivity index (χ2v) is 13.8. The molecule has 2 saturated heterocycles. The fraction of sp³-hybridized carbons (Fsp3) is 0.500. The van der Waals surface area contributed by atoms with Crippen LogP contribution in [0, 0.1) is 12.7 Å². The maximum absolute atomic E-state index is 13.5. The van der Waals surface area contributed by atoms with Crippen molar-refractivity contribution < 1.29 is 12.8 Å². The third kappa shape index (κ3) is 4.55. The van der Waals surface area contributed by atoms with Crippen LogP contribution < -0.4 is 4.90 Å². The highest BCUT2D eigenvalue weighted by molar-refractivity contribution is 8.20. The number of piperazine rings is 1. The average molecular weight is 508 g/mol. The van der Waals surface area contributed by atoms with Gasteiger partial charge in [-0.2, -0.15) is 4.31 Å². The number of rotatable bonds is 5. The molecule has 0 amide bonds. The molecule has 3 aliphatic heterocycles. The number of aryl methyl sites for hydroxylation is 1. The zero-order valence-electron chi connectivity index (χ0n) is 18.9. The summed E-state index contributed by atoms with van der Waals surface area (Å²) in [7, 11) is -3.47. The van der Waals surface area contributed by atoms with Gasteiger partial charge in [0.1, 0.15) is 9.90 Å². The molecular weight excluding hydrogens is 477 g/mol. The van der Waals surface area contributed by atoms with Gasteiger partial charge in [0.2, 0.25) is 10.0 Å². The molecule has 9 heteroatoms. The van der Waals surface area contributed by atoms with Crippen LogP contribution in [-0.2, 0) is 14.1 Å². The van der Waals surface area contributed by atoms with Gasteiger partial charge in [0.15, 0.2) is 0 Å². The fourth-order valence-electron chi connectivity index (χ4n) is 5.12. The predicted octanol–water partition coefficient (Wildman–Crippen LogP) is 3.98. The van der Waals surface area contributed by atoms with Gasteiger partial charge < -0.3 is 4.90 Å². The molecule has 1 spiro atoms. The Labute approximate surface area is 204 Å². The maximum Gasteiger partial charge on any atom is 0.243 e. The molecule has 0 unspecified atom stereocenters. The monoisotopic (exact) mass is 507 g/mol. The first kappa shape index (κ1) is 23.5. The van der Waals surface area contributed by atoms with E-state index in [1.807, 2.05) is 54.7 Å². The second kappa shape index (κ2) is 9.41. The zero-order chi connectivity index (χ0) is 23.1. The Morgan fingerprint density at radius 3 is 2.36 bits per heavy atom. The van der Waals surface area contributed by atoms with E-state index in [1.165, 1.54) is 12.1 Å². The van der Waals surface area contributed by atoms with Crippen LogP contribution in [0.5, 0.6) is 0 Å². The van der Waals surface area contributed by atoms with Gasteiger partial charge in [0, 0.05) is 62.0 Å². The van der Waals surface area contributed by atoms with E-state index < -0.39 is 10.0 Å². The standard InChI is InChI=1S/C24H30FN3O2S3/c1-19-4-2-5-22-23(19)24(31-16-17-32-24)18-28(33(22,29)30)11-3-10-26-12-14-27(15-13-26)21-8-6-20(25)7-9-21/h2,4-9H,3,10-18H2,1H3. The molecule has 0 radical (unpaired) electrons. The van der Waals surface area contributed by atoms with Crippen molar-refractivity contribution in [2.45, 2.75) is 22.3 Å². The van der Waals surface area contributed by atoms with Gasteiger partial charge in [0.05, 0.1) is 4.90 Å². The maximum atomic E-state index is 13.5. The number of sulfonamides is 1. The average Bonchev–Trinajstić information content (AvgIpc) is 3.27. The first-order valence-electron chi connectivity index (χ1n) is 11.5. The number of anilines is 1. The second-order valence-electron chi connectivity index (χ2n) is 8.90. The number of benzene rings is 2. The van der Waals surface area contributed by atoms with E-state index in [-0.39, 0.29) is 9.90 Å². The zero-order valence-corrected chi connectivity index (χ0v) is 21.3. The Morgan fingerprint density at radius 2 is 1.67 bits per heavy atom. The lowest BCUT2D eigenvalue weighted by Gasteiger charge is -2.41. The van der Waals surface area contributed by atoms with E-state index in [0.29, 0.717) is 18.0 Å². The summed E-state index contributed by atoms with van der Waals surface area (Å²) < 4.78 is 41.7. The van der Waals surface area contributed by atoms with Gasteiger partial charge >= 0.3 is 0 Å². The summed E-state index contributed by atoms with van der Waals surface area (Å²) in [6.45, 7) is 7.70. The number of fused-ring (bicyclic) bond motifs is 2. The molecule has 178 valence electrons. The molecule has 2 fully saturated rings. The smallest absolute Gasteiger partial charge is 0.243 e. The van der Waals surface area contributed by atoms with Crippen LogP contribution in [0.4, 0.5) is 10.1 Å². The lowest BCUT2D eigenvalue weighted by atomic mass is 10.0. The van der Waals surface area contributed by atoms with E-state index >= 15 is 0 Å². The molecule has 0 atom stereocenters. The van der Waals surface area contributed by atoms with Crippen molar-refractivity contribution in [3.63, 3.8) is 0 Å². The Hall–Kier alpha value is -1.26. The van der Waals surface area contributed by atoms with Crippen LogP contribution in [0.3, 0.4) is 0 Å². The van der Waals surface area contributed by atoms with Crippen molar-refractivity contribution in [3.05, 3.63) is 59.4 Å². The molecule has 0 N–H and O–H groups in total. The number of hydrogen-bond donors (Lipinski definition) is 0. The van der Waals surface area contributed by atoms with Crippen LogP contribution in [0.15, 0.2) is 47.4 Å². The summed E-state index contributed by atoms with van der Waals surface area (Å²) in [6, 6.07) is 12.4. The van der Waals surface area contributed by atoms with Gasteiger partial charge in [-0.15, -0.1) is 23.5 Å². The minimum Gasteiger partial charge on any atom is -0.369 e. The fourth-order valence-corrected chi connectivity index (χ4v) is 10.8. The van der Waals surface area contributed by atoms with Crippen molar-refractivity contribution in [2.75, 3.05) is 62.2 Å². The number of thioether (sulfide) groups is 2. The highest BCUT2D eigenvalue weighted by Gasteiger charge is 2.49. The number of nitrogens with zero attached hydrogens (tertiary/aromatic N) is 3. The van der Waals surface area contributed by atoms with E-state index in [1.54, 1.807) is 10.4 Å². The minimum absolute atomic E-state index is 0.174. The van der Waals surface area contributed by atoms with Crippen molar-refractivity contribution in [1.29, 1.82) is 0 Å². The predicted molar refractivity (Wildman–Crippen MR) is 136 cm³/mol. The molecule has 33 heavy (non-hydrogen) atoms. The van der Waals surface area contributed by atoms with Gasteiger partial charge in [-0.25, -0.2) is 12.8 Å². The molecule has 2 aromatic rings. The first-order valence-corrected chi connectivity index (χ1v) is 14.9. The van der Waals surface area contributed by atoms with E-state index in [0.717, 1.165) is 67.5 Å². The van der Waals surface area contributed by atoms with E-state index in [2.05, 4.69) is 9.80 Å². The van der Waals surface area contributed by atoms with Gasteiger partial charge in [-0.1, -0.05) is 12.1 Å². The molecular formula is C24H30FN3O2S3. The van der Waals surface area contributed by atoms with Crippen molar-refractivity contribution in [1.82, 2.24) is 9.21 Å². The van der Waals surface area contributed by atoms with Crippen LogP contribution in [0.2, 0.25) is 0 Å². The third-order valence-corrected chi connectivity index (χ3v) is 12.1. The Kier molecular flexibility index (Phi) is 6.70. The molecule has 2 aromatic carbocycles. The van der Waals surface area contributed by atoms with Crippen LogP contribution in [0.25, 0.3) is 0 Å². The number of halogens is 1. The first-order chi connectivity index (χ1) is 15.9. The van der Waals surface area contributed by atoms with Crippen LogP contribution >= 0.6 is 23.5 Å². The highest BCUT2D eigenvalue weighted by Crippen LogP contribution is 2.57. The summed E-state index contributed by atoms with van der Waals surface area (Å²) in [6.07, 6.45) is 0.822. The molecule has 3 aliphatic rings. The minimum atomic E-state index is -3.47. The topological polar surface area (TPSA) is 43.9 Å². The van der Waals surface area contributed by atoms with Crippen molar-refractivity contribution in [3.8, 4) is 0 Å². The molecule has 3 heterocycles. The SMILES string of the molecule is Cc1cccc2c1C1(CN(CCCN3CCN(c4ccc(F)cc4)CC3)S2(=O)=O)SCCS1. The van der Waals surface area contributed by atoms with Crippen LogP contribution in [-0.4, -0.2) is 74.9 Å². The summed E-state index contributed by atoms with van der Waals surface area (Å²) in [5, 5.41) is 0. The normalized spacial score (nSPS) is 22.5. The summed E-state index contributed by atoms with van der Waals surface area (Å²) in [4.78, 5) is 5.19. The molecule has 0 aliphatic carbocycles. The van der Waals surface area contributed by atoms with Crippen molar-refractivity contribution in [2.24, 2.45) is 0 Å². The van der Waals surface area contributed by atoms with Gasteiger partial charge in [0.25, 0.3) is 0 Å². The lowest BCUT2D eigenvalue weighted by Crippen LogP contribution is -2.48. The Morgan fingerprint density at radius 1 is 0.970 bits per heavy atom. The molecule has 0 aromatic heterocycles. The molecule has 0 saturated carbocycles. The highest BCUT2D eigenvalue weighted by atomic mass is 32.2. The summed E-state index contributed by atoms with van der Waals surface area (Å²) >= 11 is 3.81. The van der Waals surface area contributed by atoms with E-state index in [4.69, 9.17) is 0 Å². The Balaban J connectivity index is 1.21. The summed E-state index contributed by atoms with van der Waals surface area (Å²) in [5.41, 5.74) is 3.16. The van der Waals surface area contributed by atoms with Crippen molar-refractivity contribution >= 4 is 39.2 Å². The quantitative estimate of drug-likeness (QED) is 0.610. The van der Waals surface area contributed by atoms with E-state index in [9.17, 15) is 12.8 Å². The lowest BCUT2D eigenvalue weighted by molar-refractivity contribution is 0.244. The number of hydrogen-bond acceptors (Lipinski definition) is 6. The molecule has 5 rings (SSSR count). The van der Waals surface area contributed by atoms with Crippen LogP contribution in [0.1, 0.15) is 17.5 Å². The van der Waals surface area contributed by atoms with Gasteiger partial charge in [-0.05, 0) is 55.8 Å². The Bertz CT molecular complexity index is 1100. The van der Waals surface area contributed by atoms with Gasteiger partial charge in [-0.3, -0.25) is 4.90 Å². The molecule has 5 nitrogen and oxygen atoms in total. The third-order valence-electron chi connectivity index (χ3n) is 6.82. The molecule has 0 bridgehead atoms.